The molecule has 1 atom stereocenters. The second kappa shape index (κ2) is 9.15. The number of nitrogens with zero attached hydrogens (tertiary/aromatic N) is 2. The van der Waals surface area contributed by atoms with Crippen LogP contribution in [-0.2, 0) is 9.53 Å². The van der Waals surface area contributed by atoms with Crippen LogP contribution in [0.15, 0.2) is 35.1 Å². The third kappa shape index (κ3) is 5.36. The number of carboxylic acids is 1. The number of carboxylic acid groups (broad SMARTS) is 1. The van der Waals surface area contributed by atoms with Crippen LogP contribution in [0.4, 0.5) is 17.6 Å². The molecule has 1 N–H and O–H groups in total. The van der Waals surface area contributed by atoms with Gasteiger partial charge in [0.1, 0.15) is 11.7 Å². The van der Waals surface area contributed by atoms with Crippen LogP contribution in [0.25, 0.3) is 0 Å². The molecule has 1 spiro atoms. The number of amides is 1. The molecule has 1 amide bonds. The van der Waals surface area contributed by atoms with Crippen molar-refractivity contribution in [3.8, 4) is 5.88 Å². The zero-order valence-electron chi connectivity index (χ0n) is 16.9. The van der Waals surface area contributed by atoms with Gasteiger partial charge >= 0.3 is 12.1 Å². The van der Waals surface area contributed by atoms with Crippen LogP contribution in [0.1, 0.15) is 29.0 Å². The highest BCUT2D eigenvalue weighted by Crippen LogP contribution is 2.36. The van der Waals surface area contributed by atoms with Crippen molar-refractivity contribution in [3.63, 3.8) is 0 Å². The minimum Gasteiger partial charge on any atom is -0.475 e. The summed E-state index contributed by atoms with van der Waals surface area (Å²) in [5.41, 5.74) is 0.395. The number of furan rings is 1. The van der Waals surface area contributed by atoms with E-state index in [1.54, 1.807) is 11.0 Å². The van der Waals surface area contributed by atoms with Gasteiger partial charge in [-0.05, 0) is 25.1 Å². The van der Waals surface area contributed by atoms with Crippen molar-refractivity contribution in [1.29, 1.82) is 0 Å². The summed E-state index contributed by atoms with van der Waals surface area (Å²) in [6.07, 6.45) is -0.975. The number of hydrogen-bond donors (Lipinski definition) is 1. The predicted molar refractivity (Wildman–Crippen MR) is 99.6 cm³/mol. The smallest absolute Gasteiger partial charge is 0.475 e. The Morgan fingerprint density at radius 1 is 1.31 bits per heavy atom. The van der Waals surface area contributed by atoms with E-state index in [-0.39, 0.29) is 17.9 Å². The van der Waals surface area contributed by atoms with Gasteiger partial charge in [0, 0.05) is 24.6 Å². The minimum atomic E-state index is -5.08. The summed E-state index contributed by atoms with van der Waals surface area (Å²) in [4.78, 5) is 27.0. The third-order valence-electron chi connectivity index (χ3n) is 4.99. The molecule has 0 radical (unpaired) electrons. The number of carbonyl (C=O) groups is 2. The van der Waals surface area contributed by atoms with E-state index in [2.05, 4.69) is 4.98 Å². The minimum absolute atomic E-state index is 0.0167. The maximum atomic E-state index is 13.7. The largest absolute Gasteiger partial charge is 0.490 e. The Morgan fingerprint density at radius 2 is 2.00 bits per heavy atom. The molecule has 2 fully saturated rings. The number of halogens is 4. The lowest BCUT2D eigenvalue weighted by Crippen LogP contribution is -2.67. The molecule has 12 heteroatoms. The third-order valence-corrected chi connectivity index (χ3v) is 4.99. The maximum Gasteiger partial charge on any atom is 0.490 e. The number of ether oxygens (including phenoxy) is 2. The fourth-order valence-electron chi connectivity index (χ4n) is 3.45. The zero-order valence-corrected chi connectivity index (χ0v) is 16.9. The topological polar surface area (TPSA) is 102 Å². The second-order valence-electron chi connectivity index (χ2n) is 7.45. The van der Waals surface area contributed by atoms with Crippen LogP contribution in [0.3, 0.4) is 0 Å². The number of pyridine rings is 1. The summed E-state index contributed by atoms with van der Waals surface area (Å²) < 4.78 is 62.3. The van der Waals surface area contributed by atoms with Crippen molar-refractivity contribution < 1.29 is 46.1 Å². The van der Waals surface area contributed by atoms with Gasteiger partial charge in [-0.2, -0.15) is 13.2 Å². The first-order valence-corrected chi connectivity index (χ1v) is 9.55. The second-order valence-corrected chi connectivity index (χ2v) is 7.45. The van der Waals surface area contributed by atoms with E-state index in [0.29, 0.717) is 38.3 Å². The van der Waals surface area contributed by atoms with Crippen LogP contribution < -0.4 is 4.74 Å². The molecule has 4 rings (SSSR count). The van der Waals surface area contributed by atoms with Gasteiger partial charge in [-0.3, -0.25) is 4.79 Å². The molecule has 2 aliphatic heterocycles. The van der Waals surface area contributed by atoms with Crippen LogP contribution in [0.5, 0.6) is 5.88 Å². The summed E-state index contributed by atoms with van der Waals surface area (Å²) in [7, 11) is 0. The number of carbonyl (C=O) groups excluding carboxylic acids is 1. The summed E-state index contributed by atoms with van der Waals surface area (Å²) in [6, 6.07) is 4.62. The highest BCUT2D eigenvalue weighted by molar-refractivity contribution is 5.93. The number of rotatable bonds is 3. The number of aliphatic carboxylic acids is 1. The molecular weight excluding hydrogens is 440 g/mol. The molecule has 2 saturated heterocycles. The highest BCUT2D eigenvalue weighted by Gasteiger charge is 2.50. The summed E-state index contributed by atoms with van der Waals surface area (Å²) in [5, 5.41) is 7.12. The lowest BCUT2D eigenvalue weighted by Gasteiger charge is -2.52. The van der Waals surface area contributed by atoms with Crippen molar-refractivity contribution in [2.24, 2.45) is 0 Å². The van der Waals surface area contributed by atoms with Crippen molar-refractivity contribution >= 4 is 11.9 Å². The monoisotopic (exact) mass is 460 g/mol. The van der Waals surface area contributed by atoms with Gasteiger partial charge < -0.3 is 23.9 Å². The number of aromatic nitrogens is 1. The lowest BCUT2D eigenvalue weighted by atomic mass is 9.84. The van der Waals surface area contributed by atoms with E-state index in [4.69, 9.17) is 23.8 Å². The van der Waals surface area contributed by atoms with Gasteiger partial charge in [0.2, 0.25) is 0 Å². The maximum absolute atomic E-state index is 13.7. The van der Waals surface area contributed by atoms with Crippen LogP contribution >= 0.6 is 0 Å². The van der Waals surface area contributed by atoms with E-state index in [1.165, 1.54) is 24.6 Å². The molecule has 174 valence electrons. The van der Waals surface area contributed by atoms with Crippen molar-refractivity contribution in [1.82, 2.24) is 9.88 Å². The molecule has 0 bridgehead atoms. The molecule has 8 nitrogen and oxygen atoms in total. The number of alkyl halides is 3. The van der Waals surface area contributed by atoms with Gasteiger partial charge in [-0.1, -0.05) is 0 Å². The van der Waals surface area contributed by atoms with Gasteiger partial charge in [-0.15, -0.1) is 0 Å². The van der Waals surface area contributed by atoms with E-state index in [9.17, 15) is 22.4 Å². The summed E-state index contributed by atoms with van der Waals surface area (Å²) in [5.74, 6) is -2.97. The Morgan fingerprint density at radius 3 is 2.56 bits per heavy atom. The van der Waals surface area contributed by atoms with Gasteiger partial charge in [0.25, 0.3) is 11.8 Å². The molecule has 2 aromatic heterocycles. The molecule has 2 aromatic rings. The van der Waals surface area contributed by atoms with Crippen molar-refractivity contribution in [3.05, 3.63) is 47.8 Å². The van der Waals surface area contributed by atoms with Crippen LogP contribution in [0, 0.1) is 12.7 Å². The van der Waals surface area contributed by atoms with E-state index >= 15 is 0 Å². The normalized spacial score (nSPS) is 19.5. The Hall–Kier alpha value is -3.15. The molecule has 32 heavy (non-hydrogen) atoms. The quantitative estimate of drug-likeness (QED) is 0.702. The SMILES string of the molecule is Cc1ccoc1C(=O)N1CC2(CC(Oc3ncccc3F)CCO2)C1.O=C(O)C(F)(F)F. The van der Waals surface area contributed by atoms with E-state index in [1.807, 2.05) is 6.92 Å². The standard InChI is InChI=1S/C18H19FN2O4.C2HF3O2/c1-12-4-7-23-15(12)17(22)21-10-18(11-21)9-13(5-8-24-18)25-16-14(19)3-2-6-20-16;3-2(4,5)1(6)7/h2-4,6-7,13H,5,8-11H2,1H3;(H,6,7). The lowest BCUT2D eigenvalue weighted by molar-refractivity contribution is -0.192. The van der Waals surface area contributed by atoms with Gasteiger partial charge in [0.15, 0.2) is 11.6 Å². The Labute approximate surface area is 179 Å². The molecule has 0 aromatic carbocycles. The first-order valence-electron chi connectivity index (χ1n) is 9.55. The number of likely N-dealkylation sites (tertiary alicyclic amines) is 1. The molecule has 4 heterocycles. The highest BCUT2D eigenvalue weighted by atomic mass is 19.4. The Balaban J connectivity index is 0.000000360. The van der Waals surface area contributed by atoms with Crippen LogP contribution in [-0.4, -0.2) is 64.4 Å². The zero-order chi connectivity index (χ0) is 23.5. The first-order chi connectivity index (χ1) is 15.0. The fraction of sp³-hybridized carbons (Fsp3) is 0.450. The first kappa shape index (κ1) is 23.5. The molecule has 1 unspecified atom stereocenters. The number of hydrogen-bond acceptors (Lipinski definition) is 6. The van der Waals surface area contributed by atoms with Crippen molar-refractivity contribution in [2.75, 3.05) is 19.7 Å². The molecular formula is C20H20F4N2O6. The molecule has 0 aliphatic carbocycles. The average Bonchev–Trinajstić information content (AvgIpc) is 3.13. The molecule has 0 saturated carbocycles. The van der Waals surface area contributed by atoms with Gasteiger partial charge in [0.05, 0.1) is 26.0 Å². The van der Waals surface area contributed by atoms with E-state index in [0.717, 1.165) is 5.56 Å². The van der Waals surface area contributed by atoms with E-state index < -0.39 is 23.6 Å². The summed E-state index contributed by atoms with van der Waals surface area (Å²) >= 11 is 0. The molecule has 2 aliphatic rings. The Bertz CT molecular complexity index is 971. The number of aryl methyl sites for hydroxylation is 1. The van der Waals surface area contributed by atoms with Crippen molar-refractivity contribution in [2.45, 2.75) is 37.6 Å². The van der Waals surface area contributed by atoms with Crippen LogP contribution in [0.2, 0.25) is 0 Å². The fourth-order valence-corrected chi connectivity index (χ4v) is 3.45. The Kier molecular flexibility index (Phi) is 6.72. The summed E-state index contributed by atoms with van der Waals surface area (Å²) in [6.45, 7) is 3.32. The predicted octanol–water partition coefficient (Wildman–Crippen LogP) is 3.21. The van der Waals surface area contributed by atoms with Gasteiger partial charge in [-0.25, -0.2) is 14.2 Å². The average molecular weight is 460 g/mol.